The van der Waals surface area contributed by atoms with Crippen molar-refractivity contribution in [1.82, 2.24) is 14.1 Å². The fourth-order valence-corrected chi connectivity index (χ4v) is 5.40. The summed E-state index contributed by atoms with van der Waals surface area (Å²) in [6.07, 6.45) is -1.70. The van der Waals surface area contributed by atoms with Crippen LogP contribution in [0.15, 0.2) is 29.3 Å². The molecule has 0 amide bonds. The molecule has 1 atom stereocenters. The molecule has 0 bridgehead atoms. The Kier molecular flexibility index (Phi) is 6.81. The van der Waals surface area contributed by atoms with E-state index in [9.17, 15) is 26.4 Å². The molecule has 1 heterocycles. The van der Waals surface area contributed by atoms with Gasteiger partial charge in [-0.1, -0.05) is 0 Å². The number of nitrogens with zero attached hydrogens (tertiary/aromatic N) is 4. The van der Waals surface area contributed by atoms with Gasteiger partial charge in [0.2, 0.25) is 10.0 Å². The Balaban J connectivity index is 2.05. The summed E-state index contributed by atoms with van der Waals surface area (Å²) in [5.74, 6) is -1.07. The van der Waals surface area contributed by atoms with Gasteiger partial charge in [0.1, 0.15) is 6.54 Å². The zero-order chi connectivity index (χ0) is 24.7. The van der Waals surface area contributed by atoms with Crippen LogP contribution in [0.5, 0.6) is 0 Å². The number of sulfonamides is 1. The van der Waals surface area contributed by atoms with Gasteiger partial charge in [-0.15, -0.1) is 0 Å². The highest BCUT2D eigenvalue weighted by Crippen LogP contribution is 2.39. The second-order valence-corrected chi connectivity index (χ2v) is 10.4. The van der Waals surface area contributed by atoms with E-state index in [0.717, 1.165) is 10.4 Å². The van der Waals surface area contributed by atoms with Gasteiger partial charge < -0.3 is 10.0 Å². The van der Waals surface area contributed by atoms with Crippen molar-refractivity contribution in [3.05, 3.63) is 41.2 Å². The summed E-state index contributed by atoms with van der Waals surface area (Å²) in [5, 5.41) is 13.2. The molecule has 1 aliphatic rings. The zero-order valence-electron chi connectivity index (χ0n) is 18.8. The maximum Gasteiger partial charge on any atom is 0.416 e. The molecule has 0 saturated carbocycles. The van der Waals surface area contributed by atoms with E-state index in [1.54, 1.807) is 25.8 Å². The van der Waals surface area contributed by atoms with Crippen LogP contribution in [0.25, 0.3) is 0 Å². The monoisotopic (exact) mass is 488 g/mol. The number of hydrogen-bond donors (Lipinski definition) is 1. The van der Waals surface area contributed by atoms with Crippen LogP contribution < -0.4 is 4.90 Å². The minimum atomic E-state index is -4.72. The largest absolute Gasteiger partial charge is 0.480 e. The first-order chi connectivity index (χ1) is 15.2. The summed E-state index contributed by atoms with van der Waals surface area (Å²) < 4.78 is 70.0. The molecule has 1 N–H and O–H groups in total. The number of carbonyl (C=O) groups is 1. The number of rotatable bonds is 7. The van der Waals surface area contributed by atoms with Crippen molar-refractivity contribution in [3.63, 3.8) is 0 Å². The number of aliphatic carboxylic acids is 1. The van der Waals surface area contributed by atoms with Crippen LogP contribution in [0.4, 0.5) is 18.9 Å². The number of carboxylic acids is 1. The molecule has 1 unspecified atom stereocenters. The Morgan fingerprint density at radius 3 is 2.52 bits per heavy atom. The molecule has 33 heavy (non-hydrogen) atoms. The number of hydrogen-bond acceptors (Lipinski definition) is 5. The number of alkyl halides is 3. The van der Waals surface area contributed by atoms with E-state index in [0.29, 0.717) is 36.6 Å². The first-order valence-corrected chi connectivity index (χ1v) is 11.9. The molecule has 0 saturated heterocycles. The lowest BCUT2D eigenvalue weighted by atomic mass is 9.93. The number of fused-ring (bicyclic) bond motifs is 1. The highest BCUT2D eigenvalue weighted by molar-refractivity contribution is 7.89. The van der Waals surface area contributed by atoms with E-state index in [1.165, 1.54) is 24.0 Å². The van der Waals surface area contributed by atoms with Crippen molar-refractivity contribution in [2.24, 2.45) is 0 Å². The van der Waals surface area contributed by atoms with Crippen molar-refractivity contribution in [1.29, 1.82) is 0 Å². The number of anilines is 1. The van der Waals surface area contributed by atoms with E-state index in [-0.39, 0.29) is 18.3 Å². The first-order valence-electron chi connectivity index (χ1n) is 10.4. The van der Waals surface area contributed by atoms with Gasteiger partial charge in [-0.25, -0.2) is 8.42 Å². The highest BCUT2D eigenvalue weighted by Gasteiger charge is 2.37. The van der Waals surface area contributed by atoms with Crippen LogP contribution in [0.3, 0.4) is 0 Å². The van der Waals surface area contributed by atoms with E-state index in [1.807, 2.05) is 0 Å². The number of benzene rings is 1. The van der Waals surface area contributed by atoms with Gasteiger partial charge in [0.15, 0.2) is 0 Å². The first kappa shape index (κ1) is 25.0. The summed E-state index contributed by atoms with van der Waals surface area (Å²) in [5.41, 5.74) is 0.295. The maximum absolute atomic E-state index is 13.6. The Morgan fingerprint density at radius 1 is 1.27 bits per heavy atom. The van der Waals surface area contributed by atoms with Crippen LogP contribution in [0, 0.1) is 0 Å². The molecule has 182 valence electrons. The molecule has 12 heteroatoms. The maximum atomic E-state index is 13.6. The van der Waals surface area contributed by atoms with Gasteiger partial charge in [0, 0.05) is 37.1 Å². The summed E-state index contributed by atoms with van der Waals surface area (Å²) in [4.78, 5) is 12.2. The summed E-state index contributed by atoms with van der Waals surface area (Å²) in [7, 11) is -1.38. The third-order valence-electron chi connectivity index (χ3n) is 6.03. The van der Waals surface area contributed by atoms with E-state index < -0.39 is 38.7 Å². The summed E-state index contributed by atoms with van der Waals surface area (Å²) in [6, 6.07) is 2.03. The second-order valence-electron chi connectivity index (χ2n) is 8.45. The minimum Gasteiger partial charge on any atom is -0.480 e. The molecule has 0 radical (unpaired) electrons. The predicted octanol–water partition coefficient (Wildman–Crippen LogP) is 3.53. The minimum absolute atomic E-state index is 0.144. The predicted molar refractivity (Wildman–Crippen MR) is 115 cm³/mol. The smallest absolute Gasteiger partial charge is 0.416 e. The van der Waals surface area contributed by atoms with Gasteiger partial charge in [0.05, 0.1) is 22.7 Å². The molecule has 1 aromatic carbocycles. The van der Waals surface area contributed by atoms with Crippen LogP contribution in [-0.4, -0.2) is 53.7 Å². The topological polar surface area (TPSA) is 95.7 Å². The molecule has 1 aliphatic carbocycles. The molecule has 2 aromatic rings. The van der Waals surface area contributed by atoms with Crippen LogP contribution in [-0.2, 0) is 34.0 Å². The molecule has 0 fully saturated rings. The zero-order valence-corrected chi connectivity index (χ0v) is 19.6. The van der Waals surface area contributed by atoms with Gasteiger partial charge in [-0.05, 0) is 51.3 Å². The fourth-order valence-electron chi connectivity index (χ4n) is 3.97. The highest BCUT2D eigenvalue weighted by atomic mass is 32.2. The van der Waals surface area contributed by atoms with Crippen molar-refractivity contribution in [3.8, 4) is 0 Å². The molecular weight excluding hydrogens is 461 g/mol. The second kappa shape index (κ2) is 8.98. The van der Waals surface area contributed by atoms with E-state index in [4.69, 9.17) is 5.11 Å². The normalized spacial score (nSPS) is 16.8. The average molecular weight is 489 g/mol. The quantitative estimate of drug-likeness (QED) is 0.641. The van der Waals surface area contributed by atoms with Crippen molar-refractivity contribution < 1.29 is 31.5 Å². The lowest BCUT2D eigenvalue weighted by Crippen LogP contribution is -2.34. The summed E-state index contributed by atoms with van der Waals surface area (Å²) >= 11 is 0. The SMILES string of the molecule is CC(C)N(C)c1cc(C(F)(F)F)cc(S(=O)(=O)N(C)C2CCCc3c2cnn3CC(=O)O)c1. The van der Waals surface area contributed by atoms with E-state index in [2.05, 4.69) is 5.10 Å². The average Bonchev–Trinajstić information content (AvgIpc) is 3.13. The van der Waals surface area contributed by atoms with Gasteiger partial charge in [-0.2, -0.15) is 22.6 Å². The Labute approximate surface area is 190 Å². The Morgan fingerprint density at radius 2 is 1.94 bits per heavy atom. The Hall–Kier alpha value is -2.60. The third kappa shape index (κ3) is 5.01. The summed E-state index contributed by atoms with van der Waals surface area (Å²) in [6.45, 7) is 3.23. The van der Waals surface area contributed by atoms with Crippen molar-refractivity contribution in [2.75, 3.05) is 19.0 Å². The third-order valence-corrected chi connectivity index (χ3v) is 7.88. The molecule has 0 aliphatic heterocycles. The van der Waals surface area contributed by atoms with Gasteiger partial charge >= 0.3 is 12.1 Å². The fraction of sp³-hybridized carbons (Fsp3) is 0.524. The van der Waals surface area contributed by atoms with Crippen molar-refractivity contribution >= 4 is 21.7 Å². The van der Waals surface area contributed by atoms with Crippen LogP contribution >= 0.6 is 0 Å². The number of aromatic nitrogens is 2. The standard InChI is InChI=1S/C21H27F3N4O4S/c1-13(2)26(3)15-8-14(21(22,23)24)9-16(10-15)33(31,32)27(4)18-6-5-7-19-17(18)11-25-28(19)12-20(29)30/h8-11,13,18H,5-7,12H2,1-4H3,(H,29,30). The molecule has 1 aromatic heterocycles. The van der Waals surface area contributed by atoms with Gasteiger partial charge in [0.25, 0.3) is 0 Å². The number of carboxylic acid groups (broad SMARTS) is 1. The van der Waals surface area contributed by atoms with Crippen molar-refractivity contribution in [2.45, 2.75) is 62.8 Å². The van der Waals surface area contributed by atoms with Gasteiger partial charge in [-0.3, -0.25) is 9.48 Å². The number of halogens is 3. The van der Waals surface area contributed by atoms with Crippen LogP contribution in [0.1, 0.15) is 49.6 Å². The molecule has 3 rings (SSSR count). The molecule has 0 spiro atoms. The molecule has 8 nitrogen and oxygen atoms in total. The van der Waals surface area contributed by atoms with E-state index >= 15 is 0 Å². The van der Waals surface area contributed by atoms with Crippen LogP contribution in [0.2, 0.25) is 0 Å². The lowest BCUT2D eigenvalue weighted by Gasteiger charge is -2.31. The lowest BCUT2D eigenvalue weighted by molar-refractivity contribution is -0.138. The Bertz CT molecular complexity index is 1140. The molecular formula is C21H27F3N4O4S.